The molecule has 0 saturated heterocycles. The van der Waals surface area contributed by atoms with E-state index in [9.17, 15) is 24.0 Å². The molecule has 0 aromatic carbocycles. The van der Waals surface area contributed by atoms with E-state index in [1.54, 1.807) is 0 Å². The minimum Gasteiger partial charge on any atom is -0.462 e. The highest BCUT2D eigenvalue weighted by atomic mass is 16.6. The number of alkyl carbamates (subject to hydrolysis) is 1. The van der Waals surface area contributed by atoms with Crippen LogP contribution in [0.1, 0.15) is 32.6 Å². The average molecular weight is 411 g/mol. The highest BCUT2D eigenvalue weighted by Crippen LogP contribution is 2.07. The highest BCUT2D eigenvalue weighted by Gasteiger charge is 2.18. The van der Waals surface area contributed by atoms with E-state index < -0.39 is 24.1 Å². The van der Waals surface area contributed by atoms with Crippen LogP contribution in [-0.2, 0) is 33.4 Å². The number of nitrogens with zero attached hydrogens (tertiary/aromatic N) is 2. The number of rotatable bonds is 15. The van der Waals surface area contributed by atoms with Gasteiger partial charge in [-0.3, -0.25) is 0 Å². The minimum atomic E-state index is -0.999. The molecule has 0 aliphatic heterocycles. The molecular formula is C18H25N3O8. The Labute approximate surface area is 168 Å². The average Bonchev–Trinajstić information content (AvgIpc) is 2.69. The largest absolute Gasteiger partial charge is 0.462 e. The van der Waals surface area contributed by atoms with Gasteiger partial charge in [-0.25, -0.2) is 29.0 Å². The van der Waals surface area contributed by atoms with Crippen molar-refractivity contribution >= 4 is 30.2 Å². The number of carbonyl (C=O) groups excluding carboxylic acids is 5. The first-order valence-electron chi connectivity index (χ1n) is 8.92. The molecule has 0 aliphatic rings. The number of esters is 2. The van der Waals surface area contributed by atoms with E-state index in [-0.39, 0.29) is 44.9 Å². The van der Waals surface area contributed by atoms with Gasteiger partial charge in [-0.1, -0.05) is 6.58 Å². The lowest BCUT2D eigenvalue weighted by atomic mass is 10.1. The number of nitrogens with one attached hydrogen (secondary N) is 1. The summed E-state index contributed by atoms with van der Waals surface area (Å²) in [5.74, 6) is -1.23. The fraction of sp³-hybridized carbons (Fsp3) is 0.611. The van der Waals surface area contributed by atoms with Crippen LogP contribution in [0.15, 0.2) is 22.1 Å². The van der Waals surface area contributed by atoms with Crippen molar-refractivity contribution in [2.75, 3.05) is 32.9 Å². The normalized spacial score (nSPS) is 10.5. The maximum absolute atomic E-state index is 11.9. The van der Waals surface area contributed by atoms with Crippen LogP contribution in [0.2, 0.25) is 0 Å². The fourth-order valence-electron chi connectivity index (χ4n) is 1.84. The lowest BCUT2D eigenvalue weighted by Gasteiger charge is -2.11. The number of hydrogen-bond donors (Lipinski definition) is 1. The van der Waals surface area contributed by atoms with Crippen molar-refractivity contribution in [3.8, 4) is 0 Å². The summed E-state index contributed by atoms with van der Waals surface area (Å²) in [7, 11) is 0. The van der Waals surface area contributed by atoms with Crippen molar-refractivity contribution in [2.24, 2.45) is 9.98 Å². The third kappa shape index (κ3) is 14.4. The van der Waals surface area contributed by atoms with E-state index in [1.165, 1.54) is 19.1 Å². The van der Waals surface area contributed by atoms with Gasteiger partial charge in [-0.15, -0.1) is 0 Å². The van der Waals surface area contributed by atoms with Gasteiger partial charge in [0.05, 0.1) is 26.3 Å². The molecule has 0 rings (SSSR count). The number of amides is 1. The van der Waals surface area contributed by atoms with E-state index in [0.29, 0.717) is 19.3 Å². The standard InChI is InChI=1S/C18H25N3O8/c1-14(2)16(24)27-9-5-10-29-18(26)20-8-11-28-17(25)15(21-13-23)6-3-4-7-19-12-22/h15H,1,3-11H2,2H3,(H,20,26). The molecule has 0 bridgehead atoms. The molecule has 0 radical (unpaired) electrons. The maximum atomic E-state index is 11.9. The van der Waals surface area contributed by atoms with Gasteiger partial charge in [0.2, 0.25) is 12.2 Å². The highest BCUT2D eigenvalue weighted by molar-refractivity contribution is 5.86. The molecule has 0 aromatic heterocycles. The quantitative estimate of drug-likeness (QED) is 0.105. The third-order valence-corrected chi connectivity index (χ3v) is 3.26. The monoisotopic (exact) mass is 411 g/mol. The van der Waals surface area contributed by atoms with Crippen LogP contribution in [-0.4, -0.2) is 69.1 Å². The van der Waals surface area contributed by atoms with Gasteiger partial charge in [-0.2, -0.15) is 4.99 Å². The zero-order valence-electron chi connectivity index (χ0n) is 16.3. The summed E-state index contributed by atoms with van der Waals surface area (Å²) in [4.78, 5) is 61.6. The van der Waals surface area contributed by atoms with Gasteiger partial charge in [0.15, 0.2) is 6.04 Å². The van der Waals surface area contributed by atoms with E-state index in [1.807, 2.05) is 0 Å². The summed E-state index contributed by atoms with van der Waals surface area (Å²) < 4.78 is 14.6. The Balaban J connectivity index is 3.90. The zero-order chi connectivity index (χ0) is 21.9. The van der Waals surface area contributed by atoms with Gasteiger partial charge < -0.3 is 19.5 Å². The second kappa shape index (κ2) is 16.9. The van der Waals surface area contributed by atoms with Crippen LogP contribution in [0.3, 0.4) is 0 Å². The van der Waals surface area contributed by atoms with Gasteiger partial charge >= 0.3 is 18.0 Å². The van der Waals surface area contributed by atoms with Crippen LogP contribution in [0.4, 0.5) is 4.79 Å². The molecule has 1 N–H and O–H groups in total. The lowest BCUT2D eigenvalue weighted by molar-refractivity contribution is -0.145. The molecule has 160 valence electrons. The number of ether oxygens (including phenoxy) is 3. The molecule has 1 amide bonds. The minimum absolute atomic E-state index is 0.000785. The Morgan fingerprint density at radius 2 is 1.72 bits per heavy atom. The summed E-state index contributed by atoms with van der Waals surface area (Å²) in [6.45, 7) is 5.24. The molecule has 0 fully saturated rings. The van der Waals surface area contributed by atoms with Crippen molar-refractivity contribution in [3.63, 3.8) is 0 Å². The molecular weight excluding hydrogens is 386 g/mol. The second-order valence-electron chi connectivity index (χ2n) is 5.70. The van der Waals surface area contributed by atoms with Crippen LogP contribution in [0, 0.1) is 0 Å². The Hall–Kier alpha value is -3.29. The van der Waals surface area contributed by atoms with E-state index in [0.717, 1.165) is 0 Å². The molecule has 1 unspecified atom stereocenters. The summed E-state index contributed by atoms with van der Waals surface area (Å²) >= 11 is 0. The number of isocyanates is 2. The fourth-order valence-corrected chi connectivity index (χ4v) is 1.84. The van der Waals surface area contributed by atoms with Crippen molar-refractivity contribution in [2.45, 2.75) is 38.6 Å². The second-order valence-corrected chi connectivity index (χ2v) is 5.70. The lowest BCUT2D eigenvalue weighted by Crippen LogP contribution is -2.31. The zero-order valence-corrected chi connectivity index (χ0v) is 16.3. The summed E-state index contributed by atoms with van der Waals surface area (Å²) in [6.07, 6.45) is 3.61. The smallest absolute Gasteiger partial charge is 0.407 e. The Morgan fingerprint density at radius 3 is 2.38 bits per heavy atom. The molecule has 0 heterocycles. The van der Waals surface area contributed by atoms with Gasteiger partial charge in [-0.05, 0) is 26.2 Å². The number of hydrogen-bond acceptors (Lipinski definition) is 10. The van der Waals surface area contributed by atoms with E-state index >= 15 is 0 Å². The van der Waals surface area contributed by atoms with E-state index in [4.69, 9.17) is 14.2 Å². The van der Waals surface area contributed by atoms with Gasteiger partial charge in [0.25, 0.3) is 0 Å². The number of aliphatic imine (C=N–C) groups is 2. The molecule has 11 heteroatoms. The van der Waals surface area contributed by atoms with Crippen molar-refractivity contribution in [3.05, 3.63) is 12.2 Å². The molecule has 1 atom stereocenters. The molecule has 29 heavy (non-hydrogen) atoms. The predicted octanol–water partition coefficient (Wildman–Crippen LogP) is 0.976. The first-order chi connectivity index (χ1) is 13.9. The maximum Gasteiger partial charge on any atom is 0.407 e. The SMILES string of the molecule is C=C(C)C(=O)OCCCOC(=O)NCCOC(=O)C(CCCCN=C=O)N=C=O. The van der Waals surface area contributed by atoms with Gasteiger partial charge in [0, 0.05) is 12.0 Å². The summed E-state index contributed by atoms with van der Waals surface area (Å²) in [5, 5.41) is 2.38. The van der Waals surface area contributed by atoms with Crippen LogP contribution in [0.5, 0.6) is 0 Å². The molecule has 0 aliphatic carbocycles. The van der Waals surface area contributed by atoms with Crippen LogP contribution < -0.4 is 5.32 Å². The first kappa shape index (κ1) is 25.7. The predicted molar refractivity (Wildman–Crippen MR) is 99.4 cm³/mol. The van der Waals surface area contributed by atoms with Crippen LogP contribution >= 0.6 is 0 Å². The Kier molecular flexibility index (Phi) is 14.9. The topological polar surface area (TPSA) is 150 Å². The van der Waals surface area contributed by atoms with Crippen molar-refractivity contribution < 1.29 is 38.2 Å². The van der Waals surface area contributed by atoms with E-state index in [2.05, 4.69) is 21.9 Å². The van der Waals surface area contributed by atoms with Crippen molar-refractivity contribution in [1.29, 1.82) is 0 Å². The Morgan fingerprint density at radius 1 is 1.00 bits per heavy atom. The molecule has 0 saturated carbocycles. The number of carbonyl (C=O) groups is 3. The Bertz CT molecular complexity index is 651. The third-order valence-electron chi connectivity index (χ3n) is 3.26. The van der Waals surface area contributed by atoms with Crippen molar-refractivity contribution in [1.82, 2.24) is 5.32 Å². The van der Waals surface area contributed by atoms with Gasteiger partial charge in [0.1, 0.15) is 6.61 Å². The first-order valence-corrected chi connectivity index (χ1v) is 8.92. The molecule has 0 spiro atoms. The molecule has 0 aromatic rings. The molecule has 11 nitrogen and oxygen atoms in total. The summed E-state index contributed by atoms with van der Waals surface area (Å²) in [5.41, 5.74) is 0.284. The summed E-state index contributed by atoms with van der Waals surface area (Å²) in [6, 6.07) is -0.999. The number of unbranched alkanes of at least 4 members (excludes halogenated alkanes) is 1. The van der Waals surface area contributed by atoms with Crippen LogP contribution in [0.25, 0.3) is 0 Å².